The Morgan fingerprint density at radius 3 is 2.57 bits per heavy atom. The first kappa shape index (κ1) is 15.1. The SMILES string of the molecule is O=C=NC1(c2ccc(C3CCSCC3)c(Cl)c2)CCCC1. The number of thioether (sulfide) groups is 1. The molecular weight excluding hydrogens is 302 g/mol. The predicted molar refractivity (Wildman–Crippen MR) is 89.0 cm³/mol. The molecule has 0 bridgehead atoms. The maximum atomic E-state index is 10.8. The number of nitrogens with zero attached hydrogens (tertiary/aromatic N) is 1. The highest BCUT2D eigenvalue weighted by Crippen LogP contribution is 2.44. The third-order valence-electron chi connectivity index (χ3n) is 4.89. The Hall–Kier alpha value is -0.760. The van der Waals surface area contributed by atoms with Gasteiger partial charge in [-0.3, -0.25) is 0 Å². The summed E-state index contributed by atoms with van der Waals surface area (Å²) in [7, 11) is 0. The van der Waals surface area contributed by atoms with Gasteiger partial charge in [0.05, 0.1) is 5.54 Å². The number of isocyanates is 1. The van der Waals surface area contributed by atoms with E-state index in [4.69, 9.17) is 11.6 Å². The quantitative estimate of drug-likeness (QED) is 0.575. The maximum Gasteiger partial charge on any atom is 0.235 e. The van der Waals surface area contributed by atoms with Gasteiger partial charge in [-0.1, -0.05) is 36.6 Å². The Bertz CT molecular complexity index is 556. The number of halogens is 1. The molecule has 1 aliphatic heterocycles. The van der Waals surface area contributed by atoms with E-state index in [1.807, 2.05) is 17.8 Å². The highest BCUT2D eigenvalue weighted by atomic mass is 35.5. The molecule has 4 heteroatoms. The minimum atomic E-state index is -0.369. The normalized spacial score (nSPS) is 22.0. The summed E-state index contributed by atoms with van der Waals surface area (Å²) in [6.07, 6.45) is 8.28. The average Bonchev–Trinajstić information content (AvgIpc) is 2.98. The molecule has 0 atom stereocenters. The zero-order chi connectivity index (χ0) is 14.7. The lowest BCUT2D eigenvalue weighted by Crippen LogP contribution is -2.19. The molecule has 0 spiro atoms. The van der Waals surface area contributed by atoms with Crippen molar-refractivity contribution >= 4 is 29.4 Å². The Kier molecular flexibility index (Phi) is 4.73. The van der Waals surface area contributed by atoms with E-state index in [1.165, 1.54) is 29.9 Å². The van der Waals surface area contributed by atoms with Crippen LogP contribution in [0.3, 0.4) is 0 Å². The molecule has 1 aliphatic carbocycles. The van der Waals surface area contributed by atoms with Crippen molar-refractivity contribution in [1.29, 1.82) is 0 Å². The molecule has 3 rings (SSSR count). The van der Waals surface area contributed by atoms with Crippen molar-refractivity contribution in [2.75, 3.05) is 11.5 Å². The summed E-state index contributed by atoms with van der Waals surface area (Å²) in [5.74, 6) is 3.03. The molecule has 0 amide bonds. The second kappa shape index (κ2) is 6.56. The molecule has 2 aliphatic rings. The Labute approximate surface area is 135 Å². The molecule has 1 saturated heterocycles. The van der Waals surface area contributed by atoms with Gasteiger partial charge in [0.25, 0.3) is 0 Å². The third kappa shape index (κ3) is 3.06. The van der Waals surface area contributed by atoms with Crippen molar-refractivity contribution < 1.29 is 4.79 Å². The fourth-order valence-electron chi connectivity index (χ4n) is 3.67. The Morgan fingerprint density at radius 2 is 1.95 bits per heavy atom. The lowest BCUT2D eigenvalue weighted by Gasteiger charge is -2.26. The van der Waals surface area contributed by atoms with E-state index in [0.717, 1.165) is 36.3 Å². The molecule has 1 aromatic rings. The zero-order valence-electron chi connectivity index (χ0n) is 12.1. The van der Waals surface area contributed by atoms with Crippen LogP contribution in [0.4, 0.5) is 0 Å². The molecular formula is C17H20ClNOS. The van der Waals surface area contributed by atoms with Crippen LogP contribution in [0.25, 0.3) is 0 Å². The standard InChI is InChI=1S/C17H20ClNOS/c18-16-11-14(17(19-12-20)7-1-2-8-17)3-4-15(16)13-5-9-21-10-6-13/h3-4,11,13H,1-2,5-10H2. The van der Waals surface area contributed by atoms with Crippen molar-refractivity contribution in [3.8, 4) is 0 Å². The molecule has 2 nitrogen and oxygen atoms in total. The second-order valence-electron chi connectivity index (χ2n) is 6.06. The van der Waals surface area contributed by atoms with Crippen LogP contribution in [-0.2, 0) is 10.3 Å². The van der Waals surface area contributed by atoms with Gasteiger partial charge in [-0.25, -0.2) is 4.79 Å². The number of hydrogen-bond acceptors (Lipinski definition) is 3. The first-order valence-corrected chi connectivity index (χ1v) is 9.25. The van der Waals surface area contributed by atoms with Crippen molar-refractivity contribution in [3.63, 3.8) is 0 Å². The summed E-state index contributed by atoms with van der Waals surface area (Å²) in [5.41, 5.74) is 1.98. The van der Waals surface area contributed by atoms with E-state index in [9.17, 15) is 4.79 Å². The Balaban J connectivity index is 1.91. The van der Waals surface area contributed by atoms with Crippen LogP contribution in [0.2, 0.25) is 5.02 Å². The van der Waals surface area contributed by atoms with Gasteiger partial charge in [-0.2, -0.15) is 16.8 Å². The van der Waals surface area contributed by atoms with Crippen molar-refractivity contribution in [1.82, 2.24) is 0 Å². The molecule has 0 unspecified atom stereocenters. The van der Waals surface area contributed by atoms with Gasteiger partial charge < -0.3 is 0 Å². The smallest absolute Gasteiger partial charge is 0.211 e. The van der Waals surface area contributed by atoms with Crippen LogP contribution >= 0.6 is 23.4 Å². The minimum Gasteiger partial charge on any atom is -0.211 e. The first-order valence-electron chi connectivity index (χ1n) is 7.72. The number of aliphatic imine (C=N–C) groups is 1. The number of hydrogen-bond donors (Lipinski definition) is 0. The van der Waals surface area contributed by atoms with Crippen LogP contribution in [0.5, 0.6) is 0 Å². The molecule has 0 aromatic heterocycles. The molecule has 1 aromatic carbocycles. The summed E-state index contributed by atoms with van der Waals surface area (Å²) >= 11 is 8.58. The van der Waals surface area contributed by atoms with E-state index in [2.05, 4.69) is 17.1 Å². The van der Waals surface area contributed by atoms with Crippen LogP contribution in [0.15, 0.2) is 23.2 Å². The van der Waals surface area contributed by atoms with E-state index in [0.29, 0.717) is 5.92 Å². The minimum absolute atomic E-state index is 0.369. The molecule has 0 radical (unpaired) electrons. The van der Waals surface area contributed by atoms with Crippen LogP contribution in [-0.4, -0.2) is 17.6 Å². The fourth-order valence-corrected chi connectivity index (χ4v) is 5.11. The van der Waals surface area contributed by atoms with Crippen molar-refractivity contribution in [2.24, 2.45) is 4.99 Å². The summed E-state index contributed by atoms with van der Waals surface area (Å²) in [6.45, 7) is 0. The van der Waals surface area contributed by atoms with Gasteiger partial charge in [0.1, 0.15) is 0 Å². The first-order chi connectivity index (χ1) is 10.2. The van der Waals surface area contributed by atoms with E-state index >= 15 is 0 Å². The summed E-state index contributed by atoms with van der Waals surface area (Å²) < 4.78 is 0. The molecule has 21 heavy (non-hydrogen) atoms. The lowest BCUT2D eigenvalue weighted by atomic mass is 9.86. The molecule has 1 saturated carbocycles. The summed E-state index contributed by atoms with van der Waals surface area (Å²) in [5, 5.41) is 0.844. The maximum absolute atomic E-state index is 10.8. The van der Waals surface area contributed by atoms with Gasteiger partial charge in [-0.15, -0.1) is 0 Å². The fraction of sp³-hybridized carbons (Fsp3) is 0.588. The average molecular weight is 322 g/mol. The molecule has 112 valence electrons. The number of carbonyl (C=O) groups excluding carboxylic acids is 1. The van der Waals surface area contributed by atoms with Gasteiger partial charge in [0, 0.05) is 5.02 Å². The van der Waals surface area contributed by atoms with Crippen LogP contribution in [0.1, 0.15) is 55.6 Å². The molecule has 2 fully saturated rings. The number of benzene rings is 1. The van der Waals surface area contributed by atoms with Crippen molar-refractivity contribution in [3.05, 3.63) is 34.3 Å². The van der Waals surface area contributed by atoms with E-state index < -0.39 is 0 Å². The highest BCUT2D eigenvalue weighted by molar-refractivity contribution is 7.99. The number of rotatable bonds is 3. The second-order valence-corrected chi connectivity index (χ2v) is 7.70. The lowest BCUT2D eigenvalue weighted by molar-refractivity contribution is 0.455. The monoisotopic (exact) mass is 321 g/mol. The van der Waals surface area contributed by atoms with E-state index in [-0.39, 0.29) is 5.54 Å². The van der Waals surface area contributed by atoms with E-state index in [1.54, 1.807) is 6.08 Å². The zero-order valence-corrected chi connectivity index (χ0v) is 13.7. The summed E-state index contributed by atoms with van der Waals surface area (Å²) in [6, 6.07) is 6.35. The largest absolute Gasteiger partial charge is 0.235 e. The van der Waals surface area contributed by atoms with Gasteiger partial charge in [0.15, 0.2) is 0 Å². The van der Waals surface area contributed by atoms with Gasteiger partial charge >= 0.3 is 0 Å². The summed E-state index contributed by atoms with van der Waals surface area (Å²) in [4.78, 5) is 15.0. The van der Waals surface area contributed by atoms with Crippen LogP contribution < -0.4 is 0 Å². The Morgan fingerprint density at radius 1 is 1.24 bits per heavy atom. The van der Waals surface area contributed by atoms with Crippen LogP contribution in [0, 0.1) is 0 Å². The van der Waals surface area contributed by atoms with Gasteiger partial charge in [-0.05, 0) is 60.3 Å². The third-order valence-corrected chi connectivity index (χ3v) is 6.27. The predicted octanol–water partition coefficient (Wildman–Crippen LogP) is 5.06. The molecule has 1 heterocycles. The highest BCUT2D eigenvalue weighted by Gasteiger charge is 2.36. The van der Waals surface area contributed by atoms with Gasteiger partial charge in [0.2, 0.25) is 6.08 Å². The topological polar surface area (TPSA) is 29.4 Å². The van der Waals surface area contributed by atoms with Crippen molar-refractivity contribution in [2.45, 2.75) is 50.0 Å². The molecule has 0 N–H and O–H groups in total.